The maximum Gasteiger partial charge on any atom is 0.175 e. The standard InChI is InChI=1S/C29H29NO6S2/c1-19(31)25-17-24(37(4,32)33)11-12-27(25)36-18-20-8-6-9-21(14-20)26-16-23(29(2,3)38(5,34)35)15-22-10-7-13-30-28(22)26/h6-17H,18H2,1-5H3. The molecular formula is C29H29NO6S2. The third-order valence-electron chi connectivity index (χ3n) is 6.72. The van der Waals surface area contributed by atoms with Crippen molar-refractivity contribution in [3.8, 4) is 16.9 Å². The zero-order chi connectivity index (χ0) is 27.9. The van der Waals surface area contributed by atoms with Gasteiger partial charge in [-0.05, 0) is 79.9 Å². The van der Waals surface area contributed by atoms with Crippen LogP contribution in [0, 0.1) is 0 Å². The van der Waals surface area contributed by atoms with Crippen LogP contribution in [0.3, 0.4) is 0 Å². The highest BCUT2D eigenvalue weighted by atomic mass is 32.2. The molecule has 1 heterocycles. The third-order valence-corrected chi connectivity index (χ3v) is 9.92. The lowest BCUT2D eigenvalue weighted by molar-refractivity contribution is 0.101. The predicted molar refractivity (Wildman–Crippen MR) is 149 cm³/mol. The SMILES string of the molecule is CC(=O)c1cc(S(C)(=O)=O)ccc1OCc1cccc(-c2cc(C(C)(C)S(C)(=O)=O)cc3cccnc23)c1. The number of Topliss-reactive ketones (excluding diaryl/α,β-unsaturated/α-hetero) is 1. The quantitative estimate of drug-likeness (QED) is 0.271. The molecule has 0 spiro atoms. The summed E-state index contributed by atoms with van der Waals surface area (Å²) in [7, 11) is -6.87. The Kier molecular flexibility index (Phi) is 7.20. The van der Waals surface area contributed by atoms with E-state index in [0.29, 0.717) is 11.3 Å². The van der Waals surface area contributed by atoms with Crippen LogP contribution in [0.25, 0.3) is 22.0 Å². The van der Waals surface area contributed by atoms with E-state index in [0.717, 1.165) is 33.8 Å². The molecule has 198 valence electrons. The van der Waals surface area contributed by atoms with E-state index in [4.69, 9.17) is 4.74 Å². The van der Waals surface area contributed by atoms with Gasteiger partial charge in [0.05, 0.1) is 20.7 Å². The number of carbonyl (C=O) groups excluding carboxylic acids is 1. The first-order valence-corrected chi connectivity index (χ1v) is 15.6. The molecule has 1 aromatic heterocycles. The summed E-state index contributed by atoms with van der Waals surface area (Å²) >= 11 is 0. The molecule has 0 N–H and O–H groups in total. The Balaban J connectivity index is 1.74. The van der Waals surface area contributed by atoms with E-state index < -0.39 is 24.4 Å². The normalized spacial score (nSPS) is 12.4. The van der Waals surface area contributed by atoms with Crippen LogP contribution in [-0.2, 0) is 31.0 Å². The van der Waals surface area contributed by atoms with Gasteiger partial charge in [0.1, 0.15) is 12.4 Å². The van der Waals surface area contributed by atoms with Gasteiger partial charge in [0.2, 0.25) is 0 Å². The van der Waals surface area contributed by atoms with Gasteiger partial charge in [0, 0.05) is 29.7 Å². The van der Waals surface area contributed by atoms with Crippen molar-refractivity contribution in [1.29, 1.82) is 0 Å². The van der Waals surface area contributed by atoms with Crippen LogP contribution in [0.2, 0.25) is 0 Å². The molecule has 0 fully saturated rings. The molecule has 0 saturated heterocycles. The van der Waals surface area contributed by atoms with Crippen molar-refractivity contribution in [3.05, 3.63) is 89.6 Å². The smallest absolute Gasteiger partial charge is 0.175 e. The molecule has 9 heteroatoms. The molecule has 0 aliphatic carbocycles. The molecule has 3 aromatic carbocycles. The predicted octanol–water partition coefficient (Wildman–Crippen LogP) is 5.37. The minimum Gasteiger partial charge on any atom is -0.488 e. The maximum atomic E-state index is 12.6. The Morgan fingerprint density at radius 3 is 2.32 bits per heavy atom. The number of carbonyl (C=O) groups is 1. The second kappa shape index (κ2) is 9.96. The number of nitrogens with zero attached hydrogens (tertiary/aromatic N) is 1. The van der Waals surface area contributed by atoms with Crippen LogP contribution >= 0.6 is 0 Å². The van der Waals surface area contributed by atoms with Gasteiger partial charge >= 0.3 is 0 Å². The van der Waals surface area contributed by atoms with Gasteiger partial charge in [-0.1, -0.05) is 24.3 Å². The Bertz CT molecular complexity index is 1770. The largest absolute Gasteiger partial charge is 0.488 e. The molecule has 4 aromatic rings. The van der Waals surface area contributed by atoms with E-state index >= 15 is 0 Å². The number of rotatable bonds is 8. The molecular weight excluding hydrogens is 522 g/mol. The molecule has 0 atom stereocenters. The highest BCUT2D eigenvalue weighted by molar-refractivity contribution is 7.91. The maximum absolute atomic E-state index is 12.6. The van der Waals surface area contributed by atoms with Crippen molar-refractivity contribution in [2.75, 3.05) is 12.5 Å². The Morgan fingerprint density at radius 2 is 1.66 bits per heavy atom. The minimum atomic E-state index is -3.47. The summed E-state index contributed by atoms with van der Waals surface area (Å²) in [6, 6.07) is 19.3. The third kappa shape index (κ3) is 5.49. The van der Waals surface area contributed by atoms with Crippen molar-refractivity contribution in [2.24, 2.45) is 0 Å². The van der Waals surface area contributed by atoms with Gasteiger partial charge in [-0.3, -0.25) is 9.78 Å². The molecule has 38 heavy (non-hydrogen) atoms. The number of ketones is 1. The zero-order valence-corrected chi connectivity index (χ0v) is 23.5. The lowest BCUT2D eigenvalue weighted by Crippen LogP contribution is -2.28. The number of hydrogen-bond donors (Lipinski definition) is 0. The molecule has 0 radical (unpaired) electrons. The summed E-state index contributed by atoms with van der Waals surface area (Å²) in [6.45, 7) is 4.87. The van der Waals surface area contributed by atoms with E-state index in [-0.39, 0.29) is 22.8 Å². The molecule has 0 unspecified atom stereocenters. The number of sulfone groups is 2. The summed E-state index contributed by atoms with van der Waals surface area (Å²) < 4.78 is 53.8. The Labute approximate surface area is 223 Å². The summed E-state index contributed by atoms with van der Waals surface area (Å²) in [5, 5.41) is 0.829. The van der Waals surface area contributed by atoms with Gasteiger partial charge in [-0.2, -0.15) is 0 Å². The number of benzene rings is 3. The fourth-order valence-electron chi connectivity index (χ4n) is 4.10. The van der Waals surface area contributed by atoms with Crippen LogP contribution in [0.4, 0.5) is 0 Å². The molecule has 0 amide bonds. The van der Waals surface area contributed by atoms with Gasteiger partial charge < -0.3 is 4.74 Å². The van der Waals surface area contributed by atoms with Crippen LogP contribution in [0.15, 0.2) is 77.8 Å². The molecule has 0 aliphatic rings. The minimum absolute atomic E-state index is 0.0494. The van der Waals surface area contributed by atoms with E-state index in [1.165, 1.54) is 31.4 Å². The van der Waals surface area contributed by atoms with Crippen molar-refractivity contribution < 1.29 is 26.4 Å². The molecule has 0 bridgehead atoms. The lowest BCUT2D eigenvalue weighted by Gasteiger charge is -2.24. The van der Waals surface area contributed by atoms with Gasteiger partial charge in [0.25, 0.3) is 0 Å². The van der Waals surface area contributed by atoms with E-state index in [2.05, 4.69) is 4.98 Å². The monoisotopic (exact) mass is 551 g/mol. The average molecular weight is 552 g/mol. The molecule has 7 nitrogen and oxygen atoms in total. The van der Waals surface area contributed by atoms with E-state index in [1.54, 1.807) is 20.0 Å². The van der Waals surface area contributed by atoms with Crippen LogP contribution in [-0.4, -0.2) is 40.1 Å². The molecule has 4 rings (SSSR count). The Morgan fingerprint density at radius 1 is 0.921 bits per heavy atom. The van der Waals surface area contributed by atoms with Gasteiger partial charge in [-0.25, -0.2) is 16.8 Å². The summed E-state index contributed by atoms with van der Waals surface area (Å²) in [5.41, 5.74) is 4.03. The summed E-state index contributed by atoms with van der Waals surface area (Å²) in [6.07, 6.45) is 4.02. The molecule has 0 saturated carbocycles. The van der Waals surface area contributed by atoms with E-state index in [1.807, 2.05) is 48.5 Å². The number of pyridine rings is 1. The number of ether oxygens (including phenoxy) is 1. The number of fused-ring (bicyclic) bond motifs is 1. The summed E-state index contributed by atoms with van der Waals surface area (Å²) in [4.78, 5) is 16.8. The van der Waals surface area contributed by atoms with Crippen molar-refractivity contribution in [2.45, 2.75) is 37.0 Å². The van der Waals surface area contributed by atoms with Crippen molar-refractivity contribution >= 4 is 36.4 Å². The highest BCUT2D eigenvalue weighted by Gasteiger charge is 2.33. The highest BCUT2D eigenvalue weighted by Crippen LogP contribution is 2.36. The zero-order valence-electron chi connectivity index (χ0n) is 21.8. The first-order chi connectivity index (χ1) is 17.7. The fourth-order valence-corrected chi connectivity index (χ4v) is 5.30. The Hall–Kier alpha value is -3.56. The van der Waals surface area contributed by atoms with Crippen molar-refractivity contribution in [3.63, 3.8) is 0 Å². The fraction of sp³-hybridized carbons (Fsp3) is 0.241. The number of hydrogen-bond acceptors (Lipinski definition) is 7. The number of aromatic nitrogens is 1. The second-order valence-electron chi connectivity index (χ2n) is 9.86. The van der Waals surface area contributed by atoms with Gasteiger partial charge in [0.15, 0.2) is 25.5 Å². The first-order valence-electron chi connectivity index (χ1n) is 11.8. The van der Waals surface area contributed by atoms with Crippen LogP contribution < -0.4 is 4.74 Å². The van der Waals surface area contributed by atoms with E-state index in [9.17, 15) is 21.6 Å². The summed E-state index contributed by atoms with van der Waals surface area (Å²) in [5.74, 6) is -0.0126. The average Bonchev–Trinajstić information content (AvgIpc) is 2.85. The molecule has 0 aliphatic heterocycles. The van der Waals surface area contributed by atoms with Crippen LogP contribution in [0.1, 0.15) is 42.3 Å². The van der Waals surface area contributed by atoms with Crippen LogP contribution in [0.5, 0.6) is 5.75 Å². The second-order valence-corrected chi connectivity index (χ2v) is 14.4. The van der Waals surface area contributed by atoms with Crippen molar-refractivity contribution in [1.82, 2.24) is 4.98 Å². The first kappa shape index (κ1) is 27.5. The topological polar surface area (TPSA) is 107 Å². The lowest BCUT2D eigenvalue weighted by atomic mass is 9.93. The van der Waals surface area contributed by atoms with Gasteiger partial charge in [-0.15, -0.1) is 0 Å².